The molecule has 0 unspecified atom stereocenters. The second kappa shape index (κ2) is 8.27. The molecule has 0 saturated carbocycles. The zero-order valence-electron chi connectivity index (χ0n) is 16.9. The zero-order valence-corrected chi connectivity index (χ0v) is 16.9. The minimum Gasteiger partial charge on any atom is -0.389 e. The van der Waals surface area contributed by atoms with E-state index in [2.05, 4.69) is 15.7 Å². The summed E-state index contributed by atoms with van der Waals surface area (Å²) in [6.45, 7) is 1.60. The first-order valence-corrected chi connectivity index (χ1v) is 9.89. The van der Waals surface area contributed by atoms with Gasteiger partial charge in [-0.05, 0) is 42.3 Å². The number of carbonyl (C=O) groups is 1. The lowest BCUT2D eigenvalue weighted by Crippen LogP contribution is -2.36. The quantitative estimate of drug-likeness (QED) is 0.492. The monoisotopic (exact) mass is 448 g/mol. The number of anilines is 2. The minimum atomic E-state index is -4.59. The van der Waals surface area contributed by atoms with Crippen LogP contribution in [-0.4, -0.2) is 27.0 Å². The Morgan fingerprint density at radius 2 is 1.84 bits per heavy atom. The van der Waals surface area contributed by atoms with Gasteiger partial charge >= 0.3 is 6.18 Å². The van der Waals surface area contributed by atoms with Crippen molar-refractivity contribution in [2.75, 3.05) is 10.6 Å². The van der Waals surface area contributed by atoms with E-state index < -0.39 is 36.1 Å². The Bertz CT molecular complexity index is 1110. The van der Waals surface area contributed by atoms with Crippen LogP contribution in [0.2, 0.25) is 0 Å². The predicted octanol–water partition coefficient (Wildman–Crippen LogP) is 4.99. The summed E-state index contributed by atoms with van der Waals surface area (Å²) in [5.41, 5.74) is 1.49. The Morgan fingerprint density at radius 1 is 1.19 bits per heavy atom. The maximum atomic E-state index is 13.8. The van der Waals surface area contributed by atoms with Gasteiger partial charge in [0.05, 0.1) is 18.3 Å². The van der Waals surface area contributed by atoms with E-state index in [1.165, 1.54) is 24.3 Å². The van der Waals surface area contributed by atoms with Crippen LogP contribution in [0.3, 0.4) is 0 Å². The third-order valence-electron chi connectivity index (χ3n) is 5.41. The molecular formula is C22H20F4N4O2. The van der Waals surface area contributed by atoms with Crippen molar-refractivity contribution >= 4 is 17.4 Å². The Balaban J connectivity index is 1.64. The molecule has 0 radical (unpaired) electrons. The van der Waals surface area contributed by atoms with Crippen LogP contribution in [0.25, 0.3) is 0 Å². The summed E-state index contributed by atoms with van der Waals surface area (Å²) >= 11 is 0. The summed E-state index contributed by atoms with van der Waals surface area (Å²) in [6.07, 6.45) is -4.53. The van der Waals surface area contributed by atoms with Gasteiger partial charge in [0, 0.05) is 12.1 Å². The van der Waals surface area contributed by atoms with Crippen LogP contribution < -0.4 is 10.6 Å². The Kier molecular flexibility index (Phi) is 5.64. The molecule has 32 heavy (non-hydrogen) atoms. The van der Waals surface area contributed by atoms with E-state index in [1.54, 1.807) is 31.2 Å². The van der Waals surface area contributed by atoms with Crippen molar-refractivity contribution in [1.82, 2.24) is 9.78 Å². The van der Waals surface area contributed by atoms with Gasteiger partial charge in [0.2, 0.25) is 0 Å². The minimum absolute atomic E-state index is 0.0503. The highest BCUT2D eigenvalue weighted by molar-refractivity contribution is 6.07. The van der Waals surface area contributed by atoms with Crippen LogP contribution in [0.1, 0.15) is 53.0 Å². The lowest BCUT2D eigenvalue weighted by atomic mass is 9.96. The van der Waals surface area contributed by atoms with Crippen molar-refractivity contribution in [3.8, 4) is 0 Å². The number of amides is 1. The molecule has 10 heteroatoms. The number of nitrogens with one attached hydrogen (secondary N) is 2. The van der Waals surface area contributed by atoms with Crippen molar-refractivity contribution in [1.29, 1.82) is 0 Å². The number of rotatable bonds is 4. The molecule has 1 aliphatic rings. The van der Waals surface area contributed by atoms with Crippen LogP contribution in [-0.2, 0) is 0 Å². The Hall–Kier alpha value is -3.40. The van der Waals surface area contributed by atoms with E-state index in [0.29, 0.717) is 16.8 Å². The van der Waals surface area contributed by atoms with Gasteiger partial charge in [0.15, 0.2) is 6.04 Å². The van der Waals surface area contributed by atoms with Crippen molar-refractivity contribution in [3.05, 3.63) is 77.2 Å². The van der Waals surface area contributed by atoms with E-state index in [0.717, 1.165) is 10.9 Å². The van der Waals surface area contributed by atoms with Crippen LogP contribution >= 0.6 is 0 Å². The zero-order chi connectivity index (χ0) is 23.0. The second-order valence-electron chi connectivity index (χ2n) is 7.65. The predicted molar refractivity (Wildman–Crippen MR) is 110 cm³/mol. The lowest BCUT2D eigenvalue weighted by molar-refractivity contribution is -0.173. The van der Waals surface area contributed by atoms with Crippen LogP contribution in [0, 0.1) is 5.82 Å². The SMILES string of the molecule is C[C@@H](O)c1ccc(NC(=O)c2cnn3c2N[C@H](c2ccc(F)cc2)C[C@@H]3C(F)(F)F)cc1. The topological polar surface area (TPSA) is 79.2 Å². The summed E-state index contributed by atoms with van der Waals surface area (Å²) in [4.78, 5) is 12.8. The van der Waals surface area contributed by atoms with Crippen LogP contribution in [0.4, 0.5) is 29.1 Å². The smallest absolute Gasteiger partial charge is 0.389 e. The molecule has 0 bridgehead atoms. The van der Waals surface area contributed by atoms with Crippen LogP contribution in [0.15, 0.2) is 54.7 Å². The number of aliphatic hydroxyl groups is 1. The van der Waals surface area contributed by atoms with Gasteiger partial charge in [0.1, 0.15) is 17.2 Å². The molecule has 1 amide bonds. The number of aromatic nitrogens is 2. The standard InChI is InChI=1S/C22H20F4N4O2/c1-12(31)13-4-8-16(9-5-13)28-21(32)17-11-27-30-19(22(24,25)26)10-18(29-20(17)30)14-2-6-15(23)7-3-14/h2-9,11-12,18-19,29,31H,10H2,1H3,(H,28,32)/t12-,18+,19-/m1/s1. The first-order chi connectivity index (χ1) is 15.1. The van der Waals surface area contributed by atoms with Crippen molar-refractivity contribution in [2.45, 2.75) is 37.7 Å². The highest BCUT2D eigenvalue weighted by atomic mass is 19.4. The molecule has 0 saturated heterocycles. The van der Waals surface area contributed by atoms with E-state index in [-0.39, 0.29) is 17.8 Å². The summed E-state index contributed by atoms with van der Waals surface area (Å²) in [6, 6.07) is 8.89. The maximum Gasteiger partial charge on any atom is 0.410 e. The number of hydrogen-bond donors (Lipinski definition) is 3. The lowest BCUT2D eigenvalue weighted by Gasteiger charge is -2.34. The first-order valence-electron chi connectivity index (χ1n) is 9.89. The van der Waals surface area contributed by atoms with Gasteiger partial charge in [0.25, 0.3) is 5.91 Å². The van der Waals surface area contributed by atoms with Gasteiger partial charge in [-0.15, -0.1) is 0 Å². The summed E-state index contributed by atoms with van der Waals surface area (Å²) < 4.78 is 55.3. The number of halogens is 4. The van der Waals surface area contributed by atoms with Crippen molar-refractivity contribution in [2.24, 2.45) is 0 Å². The molecule has 0 aliphatic carbocycles. The normalized spacial score (nSPS) is 19.1. The van der Waals surface area contributed by atoms with E-state index in [9.17, 15) is 27.5 Å². The molecule has 0 fully saturated rings. The molecule has 168 valence electrons. The van der Waals surface area contributed by atoms with Gasteiger partial charge < -0.3 is 15.7 Å². The number of fused-ring (bicyclic) bond motifs is 1. The van der Waals surface area contributed by atoms with Gasteiger partial charge in [-0.2, -0.15) is 18.3 Å². The average Bonchev–Trinajstić information content (AvgIpc) is 3.17. The van der Waals surface area contributed by atoms with Crippen LogP contribution in [0.5, 0.6) is 0 Å². The van der Waals surface area contributed by atoms with Gasteiger partial charge in [-0.1, -0.05) is 24.3 Å². The van der Waals surface area contributed by atoms with E-state index in [4.69, 9.17) is 0 Å². The highest BCUT2D eigenvalue weighted by Gasteiger charge is 2.47. The van der Waals surface area contributed by atoms with E-state index in [1.807, 2.05) is 0 Å². The molecule has 1 aliphatic heterocycles. The molecule has 2 heterocycles. The molecule has 2 aromatic carbocycles. The second-order valence-corrected chi connectivity index (χ2v) is 7.65. The fourth-order valence-corrected chi connectivity index (χ4v) is 3.69. The van der Waals surface area contributed by atoms with Crippen molar-refractivity contribution < 1.29 is 27.5 Å². The fourth-order valence-electron chi connectivity index (χ4n) is 3.69. The maximum absolute atomic E-state index is 13.8. The highest BCUT2D eigenvalue weighted by Crippen LogP contribution is 2.44. The fraction of sp³-hybridized carbons (Fsp3) is 0.273. The molecule has 3 aromatic rings. The average molecular weight is 448 g/mol. The van der Waals surface area contributed by atoms with Gasteiger partial charge in [-0.25, -0.2) is 9.07 Å². The molecule has 3 atom stereocenters. The van der Waals surface area contributed by atoms with Crippen molar-refractivity contribution in [3.63, 3.8) is 0 Å². The first kappa shape index (κ1) is 21.8. The third-order valence-corrected chi connectivity index (χ3v) is 5.41. The summed E-state index contributed by atoms with van der Waals surface area (Å²) in [7, 11) is 0. The number of aliphatic hydroxyl groups excluding tert-OH is 1. The molecule has 0 spiro atoms. The van der Waals surface area contributed by atoms with Gasteiger partial charge in [-0.3, -0.25) is 4.79 Å². The largest absolute Gasteiger partial charge is 0.410 e. The molecular weight excluding hydrogens is 428 g/mol. The number of benzene rings is 2. The molecule has 1 aromatic heterocycles. The Labute approximate surface area is 180 Å². The third kappa shape index (κ3) is 4.31. The summed E-state index contributed by atoms with van der Waals surface area (Å²) in [5, 5.41) is 19.0. The number of alkyl halides is 3. The number of nitrogens with zero attached hydrogens (tertiary/aromatic N) is 2. The number of hydrogen-bond acceptors (Lipinski definition) is 4. The Morgan fingerprint density at radius 3 is 2.44 bits per heavy atom. The molecule has 3 N–H and O–H groups in total. The van der Waals surface area contributed by atoms with E-state index >= 15 is 0 Å². The molecule has 4 rings (SSSR count). The summed E-state index contributed by atoms with van der Waals surface area (Å²) in [5.74, 6) is -1.20. The number of carbonyl (C=O) groups excluding carboxylic acids is 1. The molecule has 6 nitrogen and oxygen atoms in total.